The van der Waals surface area contributed by atoms with Crippen LogP contribution in [0, 0.1) is 5.82 Å². The molecule has 21 heavy (non-hydrogen) atoms. The molecule has 0 radical (unpaired) electrons. The average molecular weight is 333 g/mol. The van der Waals surface area contributed by atoms with Gasteiger partial charge in [-0.1, -0.05) is 11.6 Å². The molecule has 0 bridgehead atoms. The van der Waals surface area contributed by atoms with Crippen molar-refractivity contribution in [3.05, 3.63) is 52.7 Å². The first-order chi connectivity index (χ1) is 9.94. The number of nitrogens with one attached hydrogen (secondary N) is 2. The van der Waals surface area contributed by atoms with E-state index in [1.807, 2.05) is 0 Å². The van der Waals surface area contributed by atoms with Crippen molar-refractivity contribution in [3.8, 4) is 0 Å². The summed E-state index contributed by atoms with van der Waals surface area (Å²) >= 11 is 5.81. The zero-order chi connectivity index (χ0) is 15.5. The van der Waals surface area contributed by atoms with E-state index >= 15 is 0 Å². The van der Waals surface area contributed by atoms with Gasteiger partial charge in [0.1, 0.15) is 5.82 Å². The Labute approximate surface area is 127 Å². The highest BCUT2D eigenvalue weighted by atomic mass is 35.5. The first kappa shape index (κ1) is 16.0. The van der Waals surface area contributed by atoms with Gasteiger partial charge in [-0.15, -0.1) is 0 Å². The van der Waals surface area contributed by atoms with Gasteiger partial charge in [-0.05, 0) is 30.8 Å². The van der Waals surface area contributed by atoms with Crippen molar-refractivity contribution in [2.75, 3.05) is 7.05 Å². The van der Waals surface area contributed by atoms with Crippen LogP contribution in [0.1, 0.15) is 11.1 Å². The fourth-order valence-corrected chi connectivity index (χ4v) is 3.00. The van der Waals surface area contributed by atoms with Crippen LogP contribution in [-0.2, 0) is 23.1 Å². The molecule has 2 N–H and O–H groups in total. The molecule has 0 unspecified atom stereocenters. The molecule has 0 spiro atoms. The molecule has 0 amide bonds. The smallest absolute Gasteiger partial charge is 0.240 e. The van der Waals surface area contributed by atoms with Gasteiger partial charge in [0.15, 0.2) is 0 Å². The molecule has 0 aliphatic carbocycles. The molecule has 0 aliphatic rings. The molecule has 1 heterocycles. The van der Waals surface area contributed by atoms with Crippen LogP contribution in [0.3, 0.4) is 0 Å². The predicted octanol–water partition coefficient (Wildman–Crippen LogP) is 2.27. The number of benzene rings is 1. The van der Waals surface area contributed by atoms with E-state index in [2.05, 4.69) is 10.0 Å². The minimum absolute atomic E-state index is 0.0600. The lowest BCUT2D eigenvalue weighted by Crippen LogP contribution is -2.23. The number of rotatable bonds is 6. The normalized spacial score (nSPS) is 11.8. The number of hydrogen-bond donors (Lipinski definition) is 2. The van der Waals surface area contributed by atoms with Crippen LogP contribution in [0.4, 0.5) is 4.39 Å². The summed E-state index contributed by atoms with van der Waals surface area (Å²) in [5, 5.41) is 2.72. The van der Waals surface area contributed by atoms with Crippen LogP contribution in [0.15, 0.2) is 40.0 Å². The quantitative estimate of drug-likeness (QED) is 0.851. The van der Waals surface area contributed by atoms with Gasteiger partial charge in [0, 0.05) is 18.7 Å². The molecule has 2 aromatic rings. The fourth-order valence-electron chi connectivity index (χ4n) is 1.75. The van der Waals surface area contributed by atoms with E-state index < -0.39 is 15.8 Å². The standard InChI is InChI=1S/C13H14ClFN2O3S/c1-16-7-10-4-11(5-12(15)13(10)14)21(18,19)17-6-9-2-3-20-8-9/h2-5,8,16-17H,6-7H2,1H3. The summed E-state index contributed by atoms with van der Waals surface area (Å²) in [6.45, 7) is 0.325. The summed E-state index contributed by atoms with van der Waals surface area (Å²) in [5.74, 6) is -0.770. The third-order valence-electron chi connectivity index (χ3n) is 2.80. The molecule has 0 fully saturated rings. The van der Waals surface area contributed by atoms with E-state index in [1.54, 1.807) is 13.1 Å². The molecule has 0 saturated carbocycles. The molecule has 2 rings (SSSR count). The van der Waals surface area contributed by atoms with E-state index in [0.717, 1.165) is 6.07 Å². The number of hydrogen-bond acceptors (Lipinski definition) is 4. The van der Waals surface area contributed by atoms with Crippen molar-refractivity contribution in [3.63, 3.8) is 0 Å². The molecule has 5 nitrogen and oxygen atoms in total. The summed E-state index contributed by atoms with van der Waals surface area (Å²) in [7, 11) is -2.18. The van der Waals surface area contributed by atoms with Crippen molar-refractivity contribution in [1.82, 2.24) is 10.0 Å². The van der Waals surface area contributed by atoms with Gasteiger partial charge in [0.05, 0.1) is 22.4 Å². The van der Waals surface area contributed by atoms with Gasteiger partial charge < -0.3 is 9.73 Å². The molecule has 0 aliphatic heterocycles. The van der Waals surface area contributed by atoms with E-state index in [-0.39, 0.29) is 23.0 Å². The van der Waals surface area contributed by atoms with Gasteiger partial charge >= 0.3 is 0 Å². The van der Waals surface area contributed by atoms with E-state index in [0.29, 0.717) is 11.1 Å². The minimum Gasteiger partial charge on any atom is -0.472 e. The number of furan rings is 1. The lowest BCUT2D eigenvalue weighted by atomic mass is 10.2. The zero-order valence-electron chi connectivity index (χ0n) is 11.2. The van der Waals surface area contributed by atoms with Crippen LogP contribution >= 0.6 is 11.6 Å². The van der Waals surface area contributed by atoms with Gasteiger partial charge in [-0.3, -0.25) is 0 Å². The molecule has 114 valence electrons. The van der Waals surface area contributed by atoms with Crippen LogP contribution < -0.4 is 10.0 Å². The first-order valence-corrected chi connectivity index (χ1v) is 7.93. The van der Waals surface area contributed by atoms with Gasteiger partial charge in [-0.25, -0.2) is 17.5 Å². The van der Waals surface area contributed by atoms with Crippen molar-refractivity contribution >= 4 is 21.6 Å². The van der Waals surface area contributed by atoms with Crippen LogP contribution in [0.25, 0.3) is 0 Å². The van der Waals surface area contributed by atoms with Crippen molar-refractivity contribution in [2.24, 2.45) is 0 Å². The number of sulfonamides is 1. The van der Waals surface area contributed by atoms with E-state index in [1.165, 1.54) is 18.6 Å². The third kappa shape index (κ3) is 3.82. The summed E-state index contributed by atoms with van der Waals surface area (Å²) in [4.78, 5) is -0.168. The number of halogens is 2. The highest BCUT2D eigenvalue weighted by Gasteiger charge is 2.18. The Balaban J connectivity index is 2.27. The second-order valence-corrected chi connectivity index (χ2v) is 6.51. The monoisotopic (exact) mass is 332 g/mol. The second-order valence-electron chi connectivity index (χ2n) is 4.36. The van der Waals surface area contributed by atoms with Gasteiger partial charge in [0.2, 0.25) is 10.0 Å². The molecule has 8 heteroatoms. The first-order valence-electron chi connectivity index (χ1n) is 6.07. The molecule has 0 saturated heterocycles. The van der Waals surface area contributed by atoms with Crippen LogP contribution in [-0.4, -0.2) is 15.5 Å². The predicted molar refractivity (Wildman–Crippen MR) is 76.9 cm³/mol. The highest BCUT2D eigenvalue weighted by Crippen LogP contribution is 2.24. The second kappa shape index (κ2) is 6.57. The lowest BCUT2D eigenvalue weighted by Gasteiger charge is -2.10. The Morgan fingerprint density at radius 2 is 2.10 bits per heavy atom. The maximum absolute atomic E-state index is 13.7. The molecule has 1 aromatic heterocycles. The average Bonchev–Trinajstić information content (AvgIpc) is 2.95. The van der Waals surface area contributed by atoms with Gasteiger partial charge in [-0.2, -0.15) is 0 Å². The van der Waals surface area contributed by atoms with E-state index in [9.17, 15) is 12.8 Å². The molecular formula is C13H14ClFN2O3S. The Hall–Kier alpha value is -1.41. The minimum atomic E-state index is -3.83. The Morgan fingerprint density at radius 1 is 1.33 bits per heavy atom. The van der Waals surface area contributed by atoms with Gasteiger partial charge in [0.25, 0.3) is 0 Å². The SMILES string of the molecule is CNCc1cc(S(=O)(=O)NCc2ccoc2)cc(F)c1Cl. The summed E-state index contributed by atoms with van der Waals surface area (Å²) < 4.78 is 45.3. The maximum atomic E-state index is 13.7. The van der Waals surface area contributed by atoms with Crippen molar-refractivity contribution in [2.45, 2.75) is 18.0 Å². The zero-order valence-corrected chi connectivity index (χ0v) is 12.8. The summed E-state index contributed by atoms with van der Waals surface area (Å²) in [5.41, 5.74) is 1.05. The van der Waals surface area contributed by atoms with Crippen LogP contribution in [0.5, 0.6) is 0 Å². The maximum Gasteiger partial charge on any atom is 0.240 e. The Morgan fingerprint density at radius 3 is 2.71 bits per heavy atom. The highest BCUT2D eigenvalue weighted by molar-refractivity contribution is 7.89. The fraction of sp³-hybridized carbons (Fsp3) is 0.231. The third-order valence-corrected chi connectivity index (χ3v) is 4.60. The lowest BCUT2D eigenvalue weighted by molar-refractivity contribution is 0.560. The van der Waals surface area contributed by atoms with Crippen molar-refractivity contribution in [1.29, 1.82) is 0 Å². The molecule has 0 atom stereocenters. The summed E-state index contributed by atoms with van der Waals surface area (Å²) in [6, 6.07) is 3.89. The Bertz CT molecular complexity index is 717. The molecular weight excluding hydrogens is 319 g/mol. The van der Waals surface area contributed by atoms with E-state index in [4.69, 9.17) is 16.0 Å². The Kier molecular flexibility index (Phi) is 5.00. The van der Waals surface area contributed by atoms with Crippen LogP contribution in [0.2, 0.25) is 5.02 Å². The van der Waals surface area contributed by atoms with Crippen molar-refractivity contribution < 1.29 is 17.2 Å². The summed E-state index contributed by atoms with van der Waals surface area (Å²) in [6.07, 6.45) is 2.87. The topological polar surface area (TPSA) is 71.3 Å². The molecule has 1 aromatic carbocycles. The largest absolute Gasteiger partial charge is 0.472 e.